The number of hydrogen-bond donors (Lipinski definition) is 1. The number of hydrogen-bond acceptors (Lipinski definition) is 5. The molecule has 0 fully saturated rings. The van der Waals surface area contributed by atoms with Gasteiger partial charge in [-0.15, -0.1) is 0 Å². The minimum Gasteiger partial charge on any atom is -0.468 e. The van der Waals surface area contributed by atoms with E-state index in [1.165, 1.54) is 29.4 Å². The van der Waals surface area contributed by atoms with Crippen molar-refractivity contribution in [2.45, 2.75) is 52.0 Å². The van der Waals surface area contributed by atoms with Crippen LogP contribution in [0.5, 0.6) is 0 Å². The molecule has 6 heteroatoms. The maximum atomic E-state index is 11.8. The highest BCUT2D eigenvalue weighted by Crippen LogP contribution is 2.42. The minimum atomic E-state index is -0.627. The van der Waals surface area contributed by atoms with Crippen molar-refractivity contribution in [3.8, 4) is 11.1 Å². The average molecular weight is 663 g/mol. The number of benzene rings is 4. The predicted octanol–water partition coefficient (Wildman–Crippen LogP) is 9.13. The Morgan fingerprint density at radius 2 is 1.34 bits per heavy atom. The molecule has 0 atom stereocenters. The van der Waals surface area contributed by atoms with Crippen LogP contribution < -0.4 is 5.32 Å². The number of ether oxygens (including phenoxy) is 1. The van der Waals surface area contributed by atoms with E-state index < -0.39 is 5.54 Å². The van der Waals surface area contributed by atoms with E-state index in [-0.39, 0.29) is 17.9 Å². The van der Waals surface area contributed by atoms with Crippen molar-refractivity contribution in [3.63, 3.8) is 0 Å². The SMILES string of the molecule is CCC(C)(C)Cc1cn(C(c2ccccc2)(c2ccccc2)c2ccccc2)c(CCc2ccc(-c3cccnc3NCC(=O)OC)cc2)n1. The molecule has 2 heterocycles. The number of carbonyl (C=O) groups excluding carboxylic acids is 1. The van der Waals surface area contributed by atoms with Gasteiger partial charge in [-0.2, -0.15) is 0 Å². The first-order valence-corrected chi connectivity index (χ1v) is 17.4. The quantitative estimate of drug-likeness (QED) is 0.0931. The zero-order valence-electron chi connectivity index (χ0n) is 29.5. The van der Waals surface area contributed by atoms with Gasteiger partial charge in [0.2, 0.25) is 0 Å². The van der Waals surface area contributed by atoms with E-state index in [0.29, 0.717) is 5.82 Å². The second-order valence-electron chi connectivity index (χ2n) is 13.5. The van der Waals surface area contributed by atoms with Gasteiger partial charge in [-0.05, 0) is 58.2 Å². The van der Waals surface area contributed by atoms with Crippen LogP contribution >= 0.6 is 0 Å². The Balaban J connectivity index is 1.41. The maximum absolute atomic E-state index is 11.8. The molecule has 6 aromatic rings. The van der Waals surface area contributed by atoms with Gasteiger partial charge in [-0.25, -0.2) is 9.97 Å². The Hall–Kier alpha value is -5.49. The Bertz CT molecular complexity index is 1890. The van der Waals surface area contributed by atoms with Crippen molar-refractivity contribution in [2.24, 2.45) is 5.41 Å². The number of methoxy groups -OCH3 is 1. The molecule has 0 aliphatic carbocycles. The van der Waals surface area contributed by atoms with Crippen LogP contribution in [-0.4, -0.2) is 34.2 Å². The van der Waals surface area contributed by atoms with Crippen LogP contribution in [-0.2, 0) is 34.3 Å². The molecule has 254 valence electrons. The monoisotopic (exact) mass is 662 g/mol. The molecule has 6 nitrogen and oxygen atoms in total. The lowest BCUT2D eigenvalue weighted by atomic mass is 9.76. The van der Waals surface area contributed by atoms with Gasteiger partial charge < -0.3 is 14.6 Å². The van der Waals surface area contributed by atoms with Gasteiger partial charge >= 0.3 is 5.97 Å². The van der Waals surface area contributed by atoms with Crippen LogP contribution in [0.2, 0.25) is 0 Å². The molecule has 0 amide bonds. The number of imidazole rings is 1. The van der Waals surface area contributed by atoms with Crippen molar-refractivity contribution < 1.29 is 9.53 Å². The third kappa shape index (κ3) is 7.40. The lowest BCUT2D eigenvalue weighted by Gasteiger charge is -2.38. The van der Waals surface area contributed by atoms with Gasteiger partial charge in [0.15, 0.2) is 0 Å². The number of nitrogens with one attached hydrogen (secondary N) is 1. The van der Waals surface area contributed by atoms with E-state index in [1.807, 2.05) is 12.1 Å². The first-order chi connectivity index (χ1) is 24.3. The Morgan fingerprint density at radius 3 is 1.88 bits per heavy atom. The second-order valence-corrected chi connectivity index (χ2v) is 13.5. The molecule has 4 aromatic carbocycles. The Labute approximate surface area is 296 Å². The smallest absolute Gasteiger partial charge is 0.325 e. The highest BCUT2D eigenvalue weighted by Gasteiger charge is 2.40. The van der Waals surface area contributed by atoms with Gasteiger partial charge in [0.05, 0.1) is 12.8 Å². The van der Waals surface area contributed by atoms with Crippen LogP contribution in [0.15, 0.2) is 140 Å². The van der Waals surface area contributed by atoms with Gasteiger partial charge in [-0.1, -0.05) is 142 Å². The van der Waals surface area contributed by atoms with Crippen LogP contribution in [0.3, 0.4) is 0 Å². The summed E-state index contributed by atoms with van der Waals surface area (Å²) in [6.45, 7) is 6.96. The number of carbonyl (C=O) groups is 1. The third-order valence-electron chi connectivity index (χ3n) is 9.72. The highest BCUT2D eigenvalue weighted by atomic mass is 16.5. The topological polar surface area (TPSA) is 69.0 Å². The second kappa shape index (κ2) is 15.4. The molecule has 2 aromatic heterocycles. The Morgan fingerprint density at radius 1 is 0.760 bits per heavy atom. The first-order valence-electron chi connectivity index (χ1n) is 17.4. The third-order valence-corrected chi connectivity index (χ3v) is 9.72. The van der Waals surface area contributed by atoms with E-state index >= 15 is 0 Å². The molecule has 50 heavy (non-hydrogen) atoms. The summed E-state index contributed by atoms with van der Waals surface area (Å²) in [5.74, 6) is 1.36. The lowest BCUT2D eigenvalue weighted by Crippen LogP contribution is -2.38. The van der Waals surface area contributed by atoms with Crippen LogP contribution in [0.4, 0.5) is 5.82 Å². The Kier molecular flexibility index (Phi) is 10.6. The molecule has 0 saturated carbocycles. The van der Waals surface area contributed by atoms with Crippen LogP contribution in [0, 0.1) is 5.41 Å². The van der Waals surface area contributed by atoms with Crippen molar-refractivity contribution in [2.75, 3.05) is 19.0 Å². The van der Waals surface area contributed by atoms with Gasteiger partial charge in [0.1, 0.15) is 23.7 Å². The highest BCUT2D eigenvalue weighted by molar-refractivity contribution is 5.79. The molecule has 0 unspecified atom stereocenters. The normalized spacial score (nSPS) is 11.7. The molecule has 0 aliphatic rings. The van der Waals surface area contributed by atoms with E-state index in [9.17, 15) is 4.79 Å². The van der Waals surface area contributed by atoms with Crippen LogP contribution in [0.25, 0.3) is 11.1 Å². The minimum absolute atomic E-state index is 0.0547. The average Bonchev–Trinajstić information content (AvgIpc) is 3.56. The first kappa shape index (κ1) is 34.4. The number of nitrogens with zero attached hydrogens (tertiary/aromatic N) is 3. The molecular weight excluding hydrogens is 617 g/mol. The summed E-state index contributed by atoms with van der Waals surface area (Å²) in [5.41, 5.74) is 7.35. The van der Waals surface area contributed by atoms with Gasteiger partial charge in [-0.3, -0.25) is 4.79 Å². The molecule has 0 radical (unpaired) electrons. The molecule has 0 saturated heterocycles. The maximum Gasteiger partial charge on any atom is 0.325 e. The molecule has 0 bridgehead atoms. The number of rotatable bonds is 14. The van der Waals surface area contributed by atoms with Crippen molar-refractivity contribution in [1.29, 1.82) is 0 Å². The summed E-state index contributed by atoms with van der Waals surface area (Å²) in [7, 11) is 1.38. The summed E-state index contributed by atoms with van der Waals surface area (Å²) in [4.78, 5) is 21.7. The van der Waals surface area contributed by atoms with E-state index in [0.717, 1.165) is 48.3 Å². The number of esters is 1. The molecule has 1 N–H and O–H groups in total. The van der Waals surface area contributed by atoms with E-state index in [2.05, 4.69) is 157 Å². The summed E-state index contributed by atoms with van der Waals surface area (Å²) < 4.78 is 7.25. The summed E-state index contributed by atoms with van der Waals surface area (Å²) in [6, 6.07) is 45.0. The predicted molar refractivity (Wildman–Crippen MR) is 202 cm³/mol. The summed E-state index contributed by atoms with van der Waals surface area (Å²) in [5, 5.41) is 3.11. The van der Waals surface area contributed by atoms with Crippen molar-refractivity contribution in [1.82, 2.24) is 14.5 Å². The lowest BCUT2D eigenvalue weighted by molar-refractivity contribution is -0.138. The van der Waals surface area contributed by atoms with Gasteiger partial charge in [0, 0.05) is 24.4 Å². The fraction of sp³-hybridized carbons (Fsp3) is 0.250. The number of aromatic nitrogens is 3. The largest absolute Gasteiger partial charge is 0.468 e. The summed E-state index contributed by atoms with van der Waals surface area (Å²) >= 11 is 0. The summed E-state index contributed by atoms with van der Waals surface area (Å²) in [6.07, 6.45) is 7.58. The number of pyridine rings is 1. The standard InChI is InChI=1S/C44H46N4O2/c1-5-43(2,3)30-38-32-48(44(35-16-9-6-10-17-35,36-18-11-7-12-19-36)37-20-13-8-14-21-37)40(47-38)28-25-33-23-26-34(27-24-33)39-22-15-29-45-42(39)46-31-41(49)50-4/h6-24,26-27,29,32H,5,25,28,30-31H2,1-4H3,(H,45,46). The molecular formula is C44H46N4O2. The van der Waals surface area contributed by atoms with Crippen LogP contribution in [0.1, 0.15) is 61.0 Å². The van der Waals surface area contributed by atoms with Crippen molar-refractivity contribution >= 4 is 11.8 Å². The van der Waals surface area contributed by atoms with Gasteiger partial charge in [0.25, 0.3) is 0 Å². The molecule has 0 aliphatic heterocycles. The van der Waals surface area contributed by atoms with E-state index in [1.54, 1.807) is 6.20 Å². The fourth-order valence-electron chi connectivity index (χ4n) is 6.71. The molecule has 6 rings (SSSR count). The van der Waals surface area contributed by atoms with E-state index in [4.69, 9.17) is 9.72 Å². The fourth-order valence-corrected chi connectivity index (χ4v) is 6.71. The van der Waals surface area contributed by atoms with Crippen molar-refractivity contribution in [3.05, 3.63) is 174 Å². The number of aryl methyl sites for hydroxylation is 2. The molecule has 0 spiro atoms. The number of anilines is 1. The zero-order chi connectivity index (χ0) is 35.0. The zero-order valence-corrected chi connectivity index (χ0v) is 29.5.